The quantitative estimate of drug-likeness (QED) is 0.509. The van der Waals surface area contributed by atoms with Gasteiger partial charge >= 0.3 is 6.09 Å². The molecule has 0 atom stereocenters. The number of amides is 2. The van der Waals surface area contributed by atoms with E-state index in [4.69, 9.17) is 9.47 Å². The number of nitrogens with zero attached hydrogens (tertiary/aromatic N) is 1. The second-order valence-electron chi connectivity index (χ2n) is 6.88. The van der Waals surface area contributed by atoms with Gasteiger partial charge in [0.15, 0.2) is 0 Å². The first-order valence-electron chi connectivity index (χ1n) is 9.36. The summed E-state index contributed by atoms with van der Waals surface area (Å²) in [5, 5.41) is 6.70. The van der Waals surface area contributed by atoms with Crippen molar-refractivity contribution in [3.63, 3.8) is 0 Å². The van der Waals surface area contributed by atoms with Crippen molar-refractivity contribution < 1.29 is 19.1 Å². The fourth-order valence-corrected chi connectivity index (χ4v) is 2.47. The summed E-state index contributed by atoms with van der Waals surface area (Å²) in [6, 6.07) is 14.9. The van der Waals surface area contributed by atoms with Gasteiger partial charge < -0.3 is 14.8 Å². The van der Waals surface area contributed by atoms with E-state index in [1.165, 1.54) is 5.56 Å². The Bertz CT molecular complexity index is 843. The molecule has 0 unspecified atom stereocenters. The molecule has 0 saturated heterocycles. The standard InChI is InChI=1S/C22H27N3O4/c1-15(2)18-7-9-19(10-8-18)23-21(26)13-16(3)24-25-22(27)29-14-17-5-11-20(28-4)12-6-17/h5-12,15H,13-14H2,1-4H3,(H,23,26)(H,25,27). The van der Waals surface area contributed by atoms with Crippen molar-refractivity contribution in [2.24, 2.45) is 5.10 Å². The molecule has 0 fully saturated rings. The number of hydrogen-bond acceptors (Lipinski definition) is 5. The molecule has 2 aromatic rings. The summed E-state index contributed by atoms with van der Waals surface area (Å²) in [6.45, 7) is 5.99. The number of hydrazone groups is 1. The molecule has 154 valence electrons. The normalized spacial score (nSPS) is 11.1. The molecule has 0 aliphatic heterocycles. The molecule has 0 radical (unpaired) electrons. The maximum atomic E-state index is 12.1. The van der Waals surface area contributed by atoms with Gasteiger partial charge in [-0.1, -0.05) is 38.1 Å². The molecular weight excluding hydrogens is 370 g/mol. The zero-order valence-electron chi connectivity index (χ0n) is 17.2. The van der Waals surface area contributed by atoms with Gasteiger partial charge in [-0.2, -0.15) is 5.10 Å². The molecule has 2 amide bonds. The van der Waals surface area contributed by atoms with E-state index in [9.17, 15) is 9.59 Å². The average Bonchev–Trinajstić information content (AvgIpc) is 2.71. The van der Waals surface area contributed by atoms with E-state index in [1.807, 2.05) is 24.3 Å². The van der Waals surface area contributed by atoms with Gasteiger partial charge in [0.05, 0.1) is 13.5 Å². The molecule has 0 aliphatic rings. The van der Waals surface area contributed by atoms with Crippen LogP contribution in [-0.2, 0) is 16.1 Å². The van der Waals surface area contributed by atoms with E-state index >= 15 is 0 Å². The Labute approximate surface area is 171 Å². The lowest BCUT2D eigenvalue weighted by Crippen LogP contribution is -2.22. The van der Waals surface area contributed by atoms with Gasteiger partial charge in [0.25, 0.3) is 0 Å². The van der Waals surface area contributed by atoms with Crippen LogP contribution < -0.4 is 15.5 Å². The van der Waals surface area contributed by atoms with Gasteiger partial charge in [0.1, 0.15) is 12.4 Å². The summed E-state index contributed by atoms with van der Waals surface area (Å²) in [4.78, 5) is 23.8. The minimum Gasteiger partial charge on any atom is -0.497 e. The minimum absolute atomic E-state index is 0.0602. The summed E-state index contributed by atoms with van der Waals surface area (Å²) in [5.41, 5.74) is 5.50. The number of benzene rings is 2. The van der Waals surface area contributed by atoms with E-state index in [0.29, 0.717) is 11.6 Å². The van der Waals surface area contributed by atoms with Crippen molar-refractivity contribution in [2.75, 3.05) is 12.4 Å². The molecular formula is C22H27N3O4. The topological polar surface area (TPSA) is 89.0 Å². The lowest BCUT2D eigenvalue weighted by atomic mass is 10.0. The molecule has 29 heavy (non-hydrogen) atoms. The monoisotopic (exact) mass is 397 g/mol. The first-order valence-corrected chi connectivity index (χ1v) is 9.36. The van der Waals surface area contributed by atoms with Gasteiger partial charge in [-0.25, -0.2) is 10.2 Å². The molecule has 2 rings (SSSR count). The van der Waals surface area contributed by atoms with Crippen LogP contribution in [0.25, 0.3) is 0 Å². The number of methoxy groups -OCH3 is 1. The molecule has 2 N–H and O–H groups in total. The van der Waals surface area contributed by atoms with Crippen molar-refractivity contribution in [2.45, 2.75) is 39.7 Å². The van der Waals surface area contributed by atoms with Gasteiger partial charge in [-0.05, 0) is 48.2 Å². The van der Waals surface area contributed by atoms with Gasteiger partial charge in [0.2, 0.25) is 5.91 Å². The van der Waals surface area contributed by atoms with Gasteiger partial charge in [0, 0.05) is 11.4 Å². The molecule has 0 aromatic heterocycles. The summed E-state index contributed by atoms with van der Waals surface area (Å²) < 4.78 is 10.2. The number of nitrogens with one attached hydrogen (secondary N) is 2. The zero-order valence-corrected chi connectivity index (χ0v) is 17.2. The van der Waals surface area contributed by atoms with Crippen molar-refractivity contribution >= 4 is 23.4 Å². The number of ether oxygens (including phenoxy) is 2. The Morgan fingerprint density at radius 1 is 1.03 bits per heavy atom. The second-order valence-corrected chi connectivity index (χ2v) is 6.88. The first-order chi connectivity index (χ1) is 13.9. The second kappa shape index (κ2) is 10.8. The highest BCUT2D eigenvalue weighted by Gasteiger charge is 2.07. The Balaban J connectivity index is 1.74. The van der Waals surface area contributed by atoms with Crippen molar-refractivity contribution in [1.82, 2.24) is 5.43 Å². The largest absolute Gasteiger partial charge is 0.497 e. The predicted octanol–water partition coefficient (Wildman–Crippen LogP) is 4.45. The summed E-state index contributed by atoms with van der Waals surface area (Å²) >= 11 is 0. The van der Waals surface area contributed by atoms with Crippen LogP contribution in [0.1, 0.15) is 44.2 Å². The Hall–Kier alpha value is -3.35. The molecule has 0 spiro atoms. The molecule has 0 saturated carbocycles. The maximum Gasteiger partial charge on any atom is 0.428 e. The third-order valence-electron chi connectivity index (χ3n) is 4.14. The van der Waals surface area contributed by atoms with E-state index in [1.54, 1.807) is 38.3 Å². The summed E-state index contributed by atoms with van der Waals surface area (Å²) in [6.07, 6.45) is -0.630. The minimum atomic E-state index is -0.690. The van der Waals surface area contributed by atoms with Gasteiger partial charge in [-0.15, -0.1) is 0 Å². The van der Waals surface area contributed by atoms with Crippen LogP contribution in [0.5, 0.6) is 5.75 Å². The number of anilines is 1. The van der Waals surface area contributed by atoms with E-state index < -0.39 is 6.09 Å². The zero-order chi connectivity index (χ0) is 21.2. The number of rotatable bonds is 8. The van der Waals surface area contributed by atoms with Crippen LogP contribution >= 0.6 is 0 Å². The van der Waals surface area contributed by atoms with Crippen LogP contribution in [-0.4, -0.2) is 24.8 Å². The van der Waals surface area contributed by atoms with E-state index in [0.717, 1.165) is 17.0 Å². The fraction of sp³-hybridized carbons (Fsp3) is 0.318. The first kappa shape index (κ1) is 21.9. The molecule has 0 aliphatic carbocycles. The highest BCUT2D eigenvalue weighted by Crippen LogP contribution is 2.17. The van der Waals surface area contributed by atoms with E-state index in [-0.39, 0.29) is 18.9 Å². The van der Waals surface area contributed by atoms with Crippen LogP contribution in [0.2, 0.25) is 0 Å². The van der Waals surface area contributed by atoms with Crippen molar-refractivity contribution in [1.29, 1.82) is 0 Å². The highest BCUT2D eigenvalue weighted by atomic mass is 16.6. The molecule has 2 aromatic carbocycles. The maximum absolute atomic E-state index is 12.1. The van der Waals surface area contributed by atoms with Crippen molar-refractivity contribution in [3.8, 4) is 5.75 Å². The molecule has 7 heteroatoms. The average molecular weight is 397 g/mol. The third-order valence-corrected chi connectivity index (χ3v) is 4.14. The number of hydrogen-bond donors (Lipinski definition) is 2. The smallest absolute Gasteiger partial charge is 0.428 e. The van der Waals surface area contributed by atoms with Gasteiger partial charge in [-0.3, -0.25) is 4.79 Å². The summed E-state index contributed by atoms with van der Waals surface area (Å²) in [7, 11) is 1.59. The van der Waals surface area contributed by atoms with Crippen LogP contribution in [0, 0.1) is 0 Å². The molecule has 0 bridgehead atoms. The number of carbonyl (C=O) groups excluding carboxylic acids is 2. The lowest BCUT2D eigenvalue weighted by molar-refractivity contribution is -0.115. The SMILES string of the molecule is COc1ccc(COC(=O)NN=C(C)CC(=O)Nc2ccc(C(C)C)cc2)cc1. The Kier molecular flexibility index (Phi) is 8.21. The highest BCUT2D eigenvalue weighted by molar-refractivity contribution is 6.05. The molecule has 0 heterocycles. The van der Waals surface area contributed by atoms with Crippen LogP contribution in [0.4, 0.5) is 10.5 Å². The molecule has 7 nitrogen and oxygen atoms in total. The Morgan fingerprint density at radius 2 is 1.69 bits per heavy atom. The predicted molar refractivity (Wildman–Crippen MR) is 113 cm³/mol. The van der Waals surface area contributed by atoms with Crippen molar-refractivity contribution in [3.05, 3.63) is 59.7 Å². The third kappa shape index (κ3) is 7.65. The number of carbonyl (C=O) groups is 2. The Morgan fingerprint density at radius 3 is 2.28 bits per heavy atom. The summed E-state index contributed by atoms with van der Waals surface area (Å²) in [5.74, 6) is 0.953. The fourth-order valence-electron chi connectivity index (χ4n) is 2.47. The lowest BCUT2D eigenvalue weighted by Gasteiger charge is -2.09. The van der Waals surface area contributed by atoms with Crippen LogP contribution in [0.15, 0.2) is 53.6 Å². The van der Waals surface area contributed by atoms with Crippen LogP contribution in [0.3, 0.4) is 0 Å². The van der Waals surface area contributed by atoms with E-state index in [2.05, 4.69) is 29.7 Å².